The Morgan fingerprint density at radius 1 is 1.43 bits per heavy atom. The summed E-state index contributed by atoms with van der Waals surface area (Å²) in [6.07, 6.45) is 0. The molecule has 3 aromatic rings. The minimum Gasteiger partial charge on any atom is -0.410 e. The van der Waals surface area contributed by atoms with Crippen molar-refractivity contribution in [2.75, 3.05) is 12.3 Å². The fourth-order valence-corrected chi connectivity index (χ4v) is 3.77. The monoisotopic (exact) mass is 347 g/mol. The van der Waals surface area contributed by atoms with Crippen molar-refractivity contribution < 1.29 is 10.0 Å². The van der Waals surface area contributed by atoms with E-state index in [0.717, 1.165) is 4.88 Å². The van der Waals surface area contributed by atoms with Crippen LogP contribution in [0.2, 0.25) is 0 Å². The lowest BCUT2D eigenvalue weighted by molar-refractivity contribution is 0.0960. The lowest BCUT2D eigenvalue weighted by Gasteiger charge is -2.04. The number of oxime groups is 1. The molecule has 3 heterocycles. The Labute approximate surface area is 139 Å². The van der Waals surface area contributed by atoms with Gasteiger partial charge in [-0.3, -0.25) is 4.79 Å². The average Bonchev–Trinajstić information content (AvgIpc) is 3.17. The van der Waals surface area contributed by atoms with E-state index in [4.69, 9.17) is 5.73 Å². The summed E-state index contributed by atoms with van der Waals surface area (Å²) in [5, 5.41) is 18.0. The van der Waals surface area contributed by atoms with E-state index in [0.29, 0.717) is 33.0 Å². The van der Waals surface area contributed by atoms with Gasteiger partial charge in [-0.1, -0.05) is 11.2 Å². The van der Waals surface area contributed by atoms with Gasteiger partial charge in [0.25, 0.3) is 5.91 Å². The van der Waals surface area contributed by atoms with Crippen molar-refractivity contribution in [3.63, 3.8) is 0 Å². The number of aromatic nitrogens is 2. The number of nitrogens with one attached hydrogen (secondary N) is 1. The van der Waals surface area contributed by atoms with Gasteiger partial charge in [0.1, 0.15) is 16.2 Å². The first-order chi connectivity index (χ1) is 11.1. The summed E-state index contributed by atoms with van der Waals surface area (Å²) in [5.74, 6) is -0.117. The molecule has 118 valence electrons. The van der Waals surface area contributed by atoms with Crippen molar-refractivity contribution in [3.05, 3.63) is 39.0 Å². The molecule has 23 heavy (non-hydrogen) atoms. The third kappa shape index (κ3) is 2.88. The smallest absolute Gasteiger partial charge is 0.261 e. The van der Waals surface area contributed by atoms with Crippen molar-refractivity contribution >= 4 is 50.5 Å². The predicted molar refractivity (Wildman–Crippen MR) is 91.6 cm³/mol. The van der Waals surface area contributed by atoms with Crippen LogP contribution in [-0.4, -0.2) is 33.3 Å². The fraction of sp³-hybridized carbons (Fsp3) is 0.143. The Hall–Kier alpha value is -2.52. The third-order valence-corrected chi connectivity index (χ3v) is 4.95. The second-order valence-corrected chi connectivity index (χ2v) is 6.52. The number of amides is 1. The van der Waals surface area contributed by atoms with E-state index >= 15 is 0 Å². The van der Waals surface area contributed by atoms with Gasteiger partial charge >= 0.3 is 0 Å². The van der Waals surface area contributed by atoms with Gasteiger partial charge in [-0.15, -0.1) is 22.7 Å². The lowest BCUT2D eigenvalue weighted by Crippen LogP contribution is -2.21. The summed E-state index contributed by atoms with van der Waals surface area (Å²) in [7, 11) is 0. The van der Waals surface area contributed by atoms with E-state index < -0.39 is 0 Å². The summed E-state index contributed by atoms with van der Waals surface area (Å²) in [5.41, 5.74) is 6.48. The molecule has 4 N–H and O–H groups in total. The molecule has 0 fully saturated rings. The normalized spacial score (nSPS) is 11.8. The summed E-state index contributed by atoms with van der Waals surface area (Å²) >= 11 is 2.64. The van der Waals surface area contributed by atoms with Crippen LogP contribution < -0.4 is 11.1 Å². The van der Waals surface area contributed by atoms with Crippen molar-refractivity contribution in [1.29, 1.82) is 0 Å². The number of carbonyl (C=O) groups excluding carboxylic acids is 1. The molecule has 0 aromatic carbocycles. The highest BCUT2D eigenvalue weighted by molar-refractivity contribution is 7.20. The van der Waals surface area contributed by atoms with Gasteiger partial charge in [0, 0.05) is 11.9 Å². The van der Waals surface area contributed by atoms with Crippen molar-refractivity contribution in [1.82, 2.24) is 15.3 Å². The maximum atomic E-state index is 12.0. The quantitative estimate of drug-likeness (QED) is 0.381. The minimum atomic E-state index is -0.182. The molecule has 0 atom stereocenters. The van der Waals surface area contributed by atoms with Gasteiger partial charge in [-0.2, -0.15) is 0 Å². The Kier molecular flexibility index (Phi) is 4.22. The van der Waals surface area contributed by atoms with E-state index in [2.05, 4.69) is 20.4 Å². The summed E-state index contributed by atoms with van der Waals surface area (Å²) < 4.78 is 0. The first kappa shape index (κ1) is 15.4. The molecular weight excluding hydrogens is 334 g/mol. The van der Waals surface area contributed by atoms with Crippen LogP contribution in [0.3, 0.4) is 0 Å². The standard InChI is InChI=1S/C14H13N5O2S2/c1-2-16-12(20)9-6-7-10(17-14(15)18-13(7)23-9)11(19-21)8-4-3-5-22-8/h3-6,21H,2H2,1H3,(H,16,20)(H2,15,17,18)/b19-11+. The summed E-state index contributed by atoms with van der Waals surface area (Å²) in [6, 6.07) is 5.36. The zero-order valence-corrected chi connectivity index (χ0v) is 13.7. The van der Waals surface area contributed by atoms with E-state index in [1.54, 1.807) is 6.07 Å². The van der Waals surface area contributed by atoms with Crippen LogP contribution in [0.1, 0.15) is 27.2 Å². The number of hydrogen-bond acceptors (Lipinski definition) is 8. The molecule has 0 aliphatic rings. The first-order valence-corrected chi connectivity index (χ1v) is 8.45. The second kappa shape index (κ2) is 6.31. The molecule has 0 spiro atoms. The van der Waals surface area contributed by atoms with Gasteiger partial charge < -0.3 is 16.3 Å². The topological polar surface area (TPSA) is 113 Å². The van der Waals surface area contributed by atoms with Gasteiger partial charge in [0.05, 0.1) is 9.75 Å². The van der Waals surface area contributed by atoms with Crippen molar-refractivity contribution in [2.45, 2.75) is 6.92 Å². The molecule has 1 amide bonds. The SMILES string of the molecule is CCNC(=O)c1cc2c(/C(=N/O)c3cccs3)nc(N)nc2s1. The molecule has 0 saturated heterocycles. The zero-order valence-electron chi connectivity index (χ0n) is 12.1. The maximum absolute atomic E-state index is 12.0. The third-order valence-electron chi connectivity index (χ3n) is 3.05. The highest BCUT2D eigenvalue weighted by Gasteiger charge is 2.20. The first-order valence-electron chi connectivity index (χ1n) is 6.75. The average molecular weight is 347 g/mol. The number of thiophene rings is 2. The van der Waals surface area contributed by atoms with Gasteiger partial charge in [-0.05, 0) is 24.4 Å². The van der Waals surface area contributed by atoms with Crippen molar-refractivity contribution in [3.8, 4) is 0 Å². The number of nitrogens with two attached hydrogens (primary N) is 1. The number of nitrogen functional groups attached to an aromatic ring is 1. The van der Waals surface area contributed by atoms with Crippen LogP contribution in [0.15, 0.2) is 28.7 Å². The molecule has 3 aromatic heterocycles. The molecule has 9 heteroatoms. The number of anilines is 1. The Bertz CT molecular complexity index is 886. The highest BCUT2D eigenvalue weighted by Crippen LogP contribution is 2.29. The van der Waals surface area contributed by atoms with Crippen LogP contribution in [0.4, 0.5) is 5.95 Å². The molecular formula is C14H13N5O2S2. The fourth-order valence-electron chi connectivity index (χ4n) is 2.10. The van der Waals surface area contributed by atoms with Gasteiger partial charge in [0.2, 0.25) is 5.95 Å². The minimum absolute atomic E-state index is 0.0644. The zero-order chi connectivity index (χ0) is 16.4. The lowest BCUT2D eigenvalue weighted by atomic mass is 10.1. The number of carbonyl (C=O) groups is 1. The van der Waals surface area contributed by atoms with Crippen LogP contribution in [0.25, 0.3) is 10.2 Å². The molecule has 0 aliphatic heterocycles. The Balaban J connectivity index is 2.18. The summed E-state index contributed by atoms with van der Waals surface area (Å²) in [4.78, 5) is 22.2. The van der Waals surface area contributed by atoms with E-state index in [1.807, 2.05) is 24.4 Å². The molecule has 0 saturated carbocycles. The predicted octanol–water partition coefficient (Wildman–Crippen LogP) is 2.31. The van der Waals surface area contributed by atoms with E-state index in [9.17, 15) is 10.0 Å². The molecule has 0 radical (unpaired) electrons. The Morgan fingerprint density at radius 2 is 2.26 bits per heavy atom. The maximum Gasteiger partial charge on any atom is 0.261 e. The number of rotatable bonds is 4. The molecule has 3 rings (SSSR count). The largest absolute Gasteiger partial charge is 0.410 e. The van der Waals surface area contributed by atoms with E-state index in [1.165, 1.54) is 22.7 Å². The van der Waals surface area contributed by atoms with Crippen LogP contribution in [0, 0.1) is 0 Å². The molecule has 7 nitrogen and oxygen atoms in total. The molecule has 0 aliphatic carbocycles. The number of fused-ring (bicyclic) bond motifs is 1. The number of nitrogens with zero attached hydrogens (tertiary/aromatic N) is 3. The Morgan fingerprint density at radius 3 is 2.91 bits per heavy atom. The second-order valence-electron chi connectivity index (χ2n) is 4.55. The summed E-state index contributed by atoms with van der Waals surface area (Å²) in [6.45, 7) is 2.38. The van der Waals surface area contributed by atoms with Crippen LogP contribution in [-0.2, 0) is 0 Å². The number of hydrogen-bond donors (Lipinski definition) is 3. The molecule has 0 unspecified atom stereocenters. The van der Waals surface area contributed by atoms with Crippen LogP contribution >= 0.6 is 22.7 Å². The van der Waals surface area contributed by atoms with Crippen molar-refractivity contribution in [2.24, 2.45) is 5.16 Å². The van der Waals surface area contributed by atoms with Crippen LogP contribution in [0.5, 0.6) is 0 Å². The van der Waals surface area contributed by atoms with Gasteiger partial charge in [-0.25, -0.2) is 9.97 Å². The van der Waals surface area contributed by atoms with Gasteiger partial charge in [0.15, 0.2) is 0 Å². The van der Waals surface area contributed by atoms with E-state index in [-0.39, 0.29) is 11.9 Å². The highest BCUT2D eigenvalue weighted by atomic mass is 32.1. The molecule has 0 bridgehead atoms.